The first kappa shape index (κ1) is 10.6. The third kappa shape index (κ3) is 1.53. The Balaban J connectivity index is 2.63. The molecule has 2 aromatic carbocycles. The van der Waals surface area contributed by atoms with Crippen molar-refractivity contribution in [1.82, 2.24) is 0 Å². The molecule has 0 aliphatic rings. The molecular formula is C13H7Cl2NO. The molecule has 2 nitrogen and oxygen atoms in total. The Hall–Kier alpha value is -1.51. The van der Waals surface area contributed by atoms with Gasteiger partial charge in [-0.15, -0.1) is 0 Å². The van der Waals surface area contributed by atoms with Crippen molar-refractivity contribution in [3.63, 3.8) is 0 Å². The molecule has 0 atom stereocenters. The lowest BCUT2D eigenvalue weighted by molar-refractivity contribution is -0.547. The van der Waals surface area contributed by atoms with E-state index in [9.17, 15) is 5.21 Å². The van der Waals surface area contributed by atoms with Crippen LogP contribution in [0.4, 0.5) is 0 Å². The van der Waals surface area contributed by atoms with Gasteiger partial charge in [-0.25, -0.2) is 0 Å². The van der Waals surface area contributed by atoms with Gasteiger partial charge in [0, 0.05) is 17.2 Å². The molecule has 3 aromatic rings. The van der Waals surface area contributed by atoms with E-state index in [2.05, 4.69) is 0 Å². The van der Waals surface area contributed by atoms with Gasteiger partial charge in [-0.3, -0.25) is 0 Å². The van der Waals surface area contributed by atoms with Crippen LogP contribution in [-0.4, -0.2) is 0 Å². The molecule has 0 bridgehead atoms. The first-order valence-electron chi connectivity index (χ1n) is 5.07. The van der Waals surface area contributed by atoms with Gasteiger partial charge in [-0.1, -0.05) is 35.3 Å². The van der Waals surface area contributed by atoms with Crippen LogP contribution in [0.3, 0.4) is 0 Å². The minimum absolute atomic E-state index is 0.487. The lowest BCUT2D eigenvalue weighted by atomic mass is 10.1. The number of benzene rings is 2. The Labute approximate surface area is 108 Å². The van der Waals surface area contributed by atoms with Gasteiger partial charge >= 0.3 is 0 Å². The van der Waals surface area contributed by atoms with Gasteiger partial charge < -0.3 is 5.21 Å². The van der Waals surface area contributed by atoms with E-state index in [1.54, 1.807) is 24.3 Å². The van der Waals surface area contributed by atoms with E-state index >= 15 is 0 Å². The molecule has 17 heavy (non-hydrogen) atoms. The van der Waals surface area contributed by atoms with Gasteiger partial charge in [-0.2, -0.15) is 4.73 Å². The average molecular weight is 264 g/mol. The molecule has 0 saturated heterocycles. The zero-order valence-electron chi connectivity index (χ0n) is 8.65. The largest absolute Gasteiger partial charge is 0.618 e. The second kappa shape index (κ2) is 3.76. The number of halogens is 2. The van der Waals surface area contributed by atoms with E-state index in [-0.39, 0.29) is 0 Å². The molecule has 84 valence electrons. The molecule has 0 unspecified atom stereocenters. The molecule has 0 N–H and O–H groups in total. The zero-order valence-corrected chi connectivity index (χ0v) is 10.2. The molecule has 0 fully saturated rings. The van der Waals surface area contributed by atoms with Crippen molar-refractivity contribution < 1.29 is 4.73 Å². The fourth-order valence-corrected chi connectivity index (χ4v) is 2.46. The summed E-state index contributed by atoms with van der Waals surface area (Å²) in [6.45, 7) is 0. The smallest absolute Gasteiger partial charge is 0.227 e. The lowest BCUT2D eigenvalue weighted by Crippen LogP contribution is -2.28. The highest BCUT2D eigenvalue weighted by Crippen LogP contribution is 2.30. The van der Waals surface area contributed by atoms with Crippen LogP contribution in [0.25, 0.3) is 21.8 Å². The molecule has 3 rings (SSSR count). The SMILES string of the molecule is [O-][n+]1c2ccccc2c(Cl)c2ccc(Cl)cc21. The van der Waals surface area contributed by atoms with Crippen molar-refractivity contribution in [2.24, 2.45) is 0 Å². The summed E-state index contributed by atoms with van der Waals surface area (Å²) in [5.74, 6) is 0. The van der Waals surface area contributed by atoms with Gasteiger partial charge in [0.15, 0.2) is 0 Å². The highest BCUT2D eigenvalue weighted by atomic mass is 35.5. The van der Waals surface area contributed by atoms with Crippen LogP contribution in [0.15, 0.2) is 42.5 Å². The summed E-state index contributed by atoms with van der Waals surface area (Å²) in [6.07, 6.45) is 0. The van der Waals surface area contributed by atoms with E-state index in [1.807, 2.05) is 18.2 Å². The Morgan fingerprint density at radius 3 is 2.41 bits per heavy atom. The van der Waals surface area contributed by atoms with Gasteiger partial charge in [0.25, 0.3) is 0 Å². The Kier molecular flexibility index (Phi) is 2.35. The standard InChI is InChI=1S/C13H7Cl2NO/c14-8-5-6-10-12(7-8)16(17)11-4-2-1-3-9(11)13(10)15/h1-7H. The highest BCUT2D eigenvalue weighted by molar-refractivity contribution is 6.40. The van der Waals surface area contributed by atoms with Crippen LogP contribution >= 0.6 is 23.2 Å². The Morgan fingerprint density at radius 1 is 0.882 bits per heavy atom. The highest BCUT2D eigenvalue weighted by Gasteiger charge is 2.15. The molecule has 4 heteroatoms. The summed E-state index contributed by atoms with van der Waals surface area (Å²) < 4.78 is 0.864. The molecule has 0 saturated carbocycles. The van der Waals surface area contributed by atoms with Crippen LogP contribution in [0, 0.1) is 5.21 Å². The third-order valence-electron chi connectivity index (χ3n) is 2.77. The summed E-state index contributed by atoms with van der Waals surface area (Å²) in [6, 6.07) is 12.4. The van der Waals surface area contributed by atoms with Crippen molar-refractivity contribution in [2.45, 2.75) is 0 Å². The second-order valence-electron chi connectivity index (χ2n) is 3.79. The van der Waals surface area contributed by atoms with Gasteiger partial charge in [0.1, 0.15) is 0 Å². The quantitative estimate of drug-likeness (QED) is 0.343. The van der Waals surface area contributed by atoms with Crippen LogP contribution in [0.2, 0.25) is 10.0 Å². The fourth-order valence-electron chi connectivity index (χ4n) is 1.97. The van der Waals surface area contributed by atoms with E-state index < -0.39 is 0 Å². The molecular weight excluding hydrogens is 257 g/mol. The van der Waals surface area contributed by atoms with Crippen molar-refractivity contribution in [3.05, 3.63) is 57.7 Å². The number of aromatic nitrogens is 1. The van der Waals surface area contributed by atoms with Crippen molar-refractivity contribution in [1.29, 1.82) is 0 Å². The van der Waals surface area contributed by atoms with E-state index in [4.69, 9.17) is 23.2 Å². The van der Waals surface area contributed by atoms with E-state index in [1.165, 1.54) is 0 Å². The maximum Gasteiger partial charge on any atom is 0.227 e. The number of nitrogens with zero attached hydrogens (tertiary/aromatic N) is 1. The topological polar surface area (TPSA) is 26.9 Å². The molecule has 1 aromatic heterocycles. The van der Waals surface area contributed by atoms with Crippen LogP contribution in [-0.2, 0) is 0 Å². The van der Waals surface area contributed by atoms with Crippen LogP contribution in [0.5, 0.6) is 0 Å². The van der Waals surface area contributed by atoms with Crippen LogP contribution < -0.4 is 4.73 Å². The lowest BCUT2D eigenvalue weighted by Gasteiger charge is -2.08. The third-order valence-corrected chi connectivity index (χ3v) is 3.42. The summed E-state index contributed by atoms with van der Waals surface area (Å²) in [4.78, 5) is 0. The number of hydrogen-bond acceptors (Lipinski definition) is 1. The summed E-state index contributed by atoms with van der Waals surface area (Å²) >= 11 is 12.2. The van der Waals surface area contributed by atoms with Crippen LogP contribution in [0.1, 0.15) is 0 Å². The number of pyridine rings is 1. The summed E-state index contributed by atoms with van der Waals surface area (Å²) in [5.41, 5.74) is 1.04. The average Bonchev–Trinajstić information content (AvgIpc) is 2.36. The number of rotatable bonds is 0. The van der Waals surface area contributed by atoms with Crippen molar-refractivity contribution >= 4 is 45.0 Å². The van der Waals surface area contributed by atoms with Crippen molar-refractivity contribution in [3.8, 4) is 0 Å². The number of para-hydroxylation sites is 1. The Bertz CT molecular complexity index is 740. The van der Waals surface area contributed by atoms with Crippen molar-refractivity contribution in [2.75, 3.05) is 0 Å². The second-order valence-corrected chi connectivity index (χ2v) is 4.60. The number of fused-ring (bicyclic) bond motifs is 2. The van der Waals surface area contributed by atoms with Gasteiger partial charge in [-0.05, 0) is 18.2 Å². The van der Waals surface area contributed by atoms with Gasteiger partial charge in [0.2, 0.25) is 11.0 Å². The first-order chi connectivity index (χ1) is 8.18. The number of hydrogen-bond donors (Lipinski definition) is 0. The van der Waals surface area contributed by atoms with Gasteiger partial charge in [0.05, 0.1) is 15.8 Å². The van der Waals surface area contributed by atoms with E-state index in [0.29, 0.717) is 26.5 Å². The summed E-state index contributed by atoms with van der Waals surface area (Å²) in [7, 11) is 0. The van der Waals surface area contributed by atoms with E-state index in [0.717, 1.165) is 10.1 Å². The molecule has 0 spiro atoms. The molecule has 0 aliphatic heterocycles. The maximum atomic E-state index is 12.2. The fraction of sp³-hybridized carbons (Fsp3) is 0. The normalized spacial score (nSPS) is 11.2. The molecule has 0 radical (unpaired) electrons. The molecule has 0 aliphatic carbocycles. The molecule has 0 amide bonds. The monoisotopic (exact) mass is 263 g/mol. The molecule has 1 heterocycles. The minimum Gasteiger partial charge on any atom is -0.618 e. The predicted molar refractivity (Wildman–Crippen MR) is 70.4 cm³/mol. The zero-order chi connectivity index (χ0) is 12.0. The first-order valence-corrected chi connectivity index (χ1v) is 5.83. The minimum atomic E-state index is 0.487. The predicted octanol–water partition coefficient (Wildman–Crippen LogP) is 3.93. The summed E-state index contributed by atoms with van der Waals surface area (Å²) in [5, 5.41) is 14.8. The maximum absolute atomic E-state index is 12.2. The Morgan fingerprint density at radius 2 is 1.59 bits per heavy atom.